The molecule has 0 aliphatic heterocycles. The predicted octanol–water partition coefficient (Wildman–Crippen LogP) is 2.23. The molecule has 1 N–H and O–H groups in total. The monoisotopic (exact) mass is 396 g/mol. The molecule has 1 heterocycles. The Hall–Kier alpha value is -1.74. The number of nitrogens with zero attached hydrogens (tertiary/aromatic N) is 3. The number of carbonyl (C=O) groups is 1. The Bertz CT molecular complexity index is 883. The van der Waals surface area contributed by atoms with Gasteiger partial charge in [0.2, 0.25) is 10.0 Å². The molecular weight excluding hydrogens is 368 g/mol. The van der Waals surface area contributed by atoms with Crippen LogP contribution in [0.15, 0.2) is 14.5 Å². The van der Waals surface area contributed by atoms with Crippen LogP contribution in [-0.2, 0) is 14.8 Å². The molecule has 2 unspecified atom stereocenters. The molecule has 0 saturated heterocycles. The fourth-order valence-electron chi connectivity index (χ4n) is 4.55. The van der Waals surface area contributed by atoms with Crippen molar-refractivity contribution < 1.29 is 17.7 Å². The summed E-state index contributed by atoms with van der Waals surface area (Å²) in [6.45, 7) is 9.49. The third-order valence-electron chi connectivity index (χ3n) is 6.83. The van der Waals surface area contributed by atoms with E-state index in [1.165, 1.54) is 20.4 Å². The van der Waals surface area contributed by atoms with Crippen molar-refractivity contribution in [1.82, 2.24) is 14.9 Å². The van der Waals surface area contributed by atoms with Crippen LogP contribution >= 0.6 is 0 Å². The molecule has 0 spiro atoms. The number of carbonyl (C=O) groups excluding carboxylic acids is 1. The van der Waals surface area contributed by atoms with Gasteiger partial charge in [-0.2, -0.15) is 9.41 Å². The zero-order valence-electron chi connectivity index (χ0n) is 16.8. The van der Waals surface area contributed by atoms with E-state index in [2.05, 4.69) is 36.5 Å². The number of aromatic nitrogens is 1. The maximum absolute atomic E-state index is 12.7. The number of amides is 1. The van der Waals surface area contributed by atoms with E-state index >= 15 is 0 Å². The van der Waals surface area contributed by atoms with Crippen molar-refractivity contribution in [2.45, 2.75) is 58.8 Å². The summed E-state index contributed by atoms with van der Waals surface area (Å²) >= 11 is 0. The van der Waals surface area contributed by atoms with Crippen LogP contribution in [0.25, 0.3) is 0 Å². The summed E-state index contributed by atoms with van der Waals surface area (Å²) in [6.07, 6.45) is 3.14. The standard InChI is InChI=1S/C18H28N4O4S/c1-11-16(12(2)26-21-11)27(24,25)22(6)10-15(23)20-19-14-9-13-7-8-18(14,5)17(13,3)4/h13H,7-10H2,1-6H3,(H,20,23)/b19-14+. The fraction of sp³-hybridized carbons (Fsp3) is 0.722. The van der Waals surface area contributed by atoms with Crippen LogP contribution in [0, 0.1) is 30.6 Å². The summed E-state index contributed by atoms with van der Waals surface area (Å²) in [6, 6.07) is 0. The first-order valence-corrected chi connectivity index (χ1v) is 10.6. The Morgan fingerprint density at radius 3 is 2.52 bits per heavy atom. The quantitative estimate of drug-likeness (QED) is 0.769. The molecule has 2 saturated carbocycles. The lowest BCUT2D eigenvalue weighted by Gasteiger charge is -2.34. The van der Waals surface area contributed by atoms with E-state index < -0.39 is 15.9 Å². The number of hydrazone groups is 1. The lowest BCUT2D eigenvalue weighted by molar-refractivity contribution is -0.121. The van der Waals surface area contributed by atoms with E-state index in [0.717, 1.165) is 22.9 Å². The molecule has 2 aliphatic carbocycles. The minimum absolute atomic E-state index is 0.00600. The molecule has 2 fully saturated rings. The van der Waals surface area contributed by atoms with Gasteiger partial charge in [0.25, 0.3) is 5.91 Å². The van der Waals surface area contributed by atoms with Crippen molar-refractivity contribution >= 4 is 21.6 Å². The van der Waals surface area contributed by atoms with Crippen molar-refractivity contribution in [1.29, 1.82) is 0 Å². The van der Waals surface area contributed by atoms with Gasteiger partial charge in [-0.1, -0.05) is 25.9 Å². The number of nitrogens with one attached hydrogen (secondary N) is 1. The van der Waals surface area contributed by atoms with Crippen LogP contribution in [0.1, 0.15) is 51.5 Å². The smallest absolute Gasteiger partial charge is 0.255 e. The number of likely N-dealkylation sites (N-methyl/N-ethyl adjacent to an activating group) is 1. The zero-order chi connectivity index (χ0) is 20.2. The van der Waals surface area contributed by atoms with Gasteiger partial charge in [0, 0.05) is 18.2 Å². The minimum atomic E-state index is -3.86. The van der Waals surface area contributed by atoms with E-state index in [-0.39, 0.29) is 33.7 Å². The van der Waals surface area contributed by atoms with Crippen LogP contribution in [0.3, 0.4) is 0 Å². The molecule has 2 aliphatic rings. The second-order valence-corrected chi connectivity index (χ2v) is 10.5. The summed E-state index contributed by atoms with van der Waals surface area (Å²) in [5.74, 6) is 0.322. The summed E-state index contributed by atoms with van der Waals surface area (Å²) in [7, 11) is -2.50. The van der Waals surface area contributed by atoms with Gasteiger partial charge in [0.1, 0.15) is 10.6 Å². The van der Waals surface area contributed by atoms with Gasteiger partial charge in [-0.3, -0.25) is 4.79 Å². The average molecular weight is 397 g/mol. The molecule has 1 aromatic rings. The number of aryl methyl sites for hydroxylation is 2. The second kappa shape index (κ2) is 6.41. The molecule has 2 bridgehead atoms. The normalized spacial score (nSPS) is 28.3. The maximum Gasteiger partial charge on any atom is 0.255 e. The molecule has 1 amide bonds. The van der Waals surface area contributed by atoms with Gasteiger partial charge in [-0.05, 0) is 44.4 Å². The highest BCUT2D eigenvalue weighted by atomic mass is 32.2. The van der Waals surface area contributed by atoms with Crippen LogP contribution < -0.4 is 5.43 Å². The molecule has 8 nitrogen and oxygen atoms in total. The Balaban J connectivity index is 1.68. The number of hydrogen-bond acceptors (Lipinski definition) is 6. The highest BCUT2D eigenvalue weighted by Crippen LogP contribution is 2.63. The van der Waals surface area contributed by atoms with E-state index in [4.69, 9.17) is 4.52 Å². The first-order chi connectivity index (χ1) is 12.4. The van der Waals surface area contributed by atoms with Crippen molar-refractivity contribution in [2.75, 3.05) is 13.6 Å². The molecule has 0 radical (unpaired) electrons. The van der Waals surface area contributed by atoms with Crippen LogP contribution in [-0.4, -0.2) is 43.1 Å². The van der Waals surface area contributed by atoms with Gasteiger partial charge < -0.3 is 4.52 Å². The predicted molar refractivity (Wildman–Crippen MR) is 101 cm³/mol. The molecule has 1 aromatic heterocycles. The van der Waals surface area contributed by atoms with Gasteiger partial charge in [0.15, 0.2) is 5.76 Å². The first-order valence-electron chi connectivity index (χ1n) is 9.16. The largest absolute Gasteiger partial charge is 0.360 e. The zero-order valence-corrected chi connectivity index (χ0v) is 17.6. The highest BCUT2D eigenvalue weighted by molar-refractivity contribution is 7.89. The molecule has 0 aromatic carbocycles. The summed E-state index contributed by atoms with van der Waals surface area (Å²) in [4.78, 5) is 12.3. The van der Waals surface area contributed by atoms with E-state index in [1.54, 1.807) is 6.92 Å². The highest BCUT2D eigenvalue weighted by Gasteiger charge is 2.60. The van der Waals surface area contributed by atoms with Crippen molar-refractivity contribution in [3.63, 3.8) is 0 Å². The van der Waals surface area contributed by atoms with Crippen molar-refractivity contribution in [3.05, 3.63) is 11.5 Å². The molecule has 27 heavy (non-hydrogen) atoms. The lowest BCUT2D eigenvalue weighted by Crippen LogP contribution is -2.38. The third-order valence-corrected chi connectivity index (χ3v) is 8.88. The van der Waals surface area contributed by atoms with Crippen LogP contribution in [0.2, 0.25) is 0 Å². The Morgan fingerprint density at radius 2 is 2.04 bits per heavy atom. The fourth-order valence-corrected chi connectivity index (χ4v) is 5.96. The second-order valence-electron chi connectivity index (χ2n) is 8.50. The van der Waals surface area contributed by atoms with Crippen LogP contribution in [0.5, 0.6) is 0 Å². The van der Waals surface area contributed by atoms with Crippen molar-refractivity contribution in [3.8, 4) is 0 Å². The first kappa shape index (κ1) is 20.0. The Kier molecular flexibility index (Phi) is 4.75. The maximum atomic E-state index is 12.7. The topological polar surface area (TPSA) is 105 Å². The van der Waals surface area contributed by atoms with Gasteiger partial charge >= 0.3 is 0 Å². The number of fused-ring (bicyclic) bond motifs is 2. The summed E-state index contributed by atoms with van der Waals surface area (Å²) in [5.41, 5.74) is 3.99. The summed E-state index contributed by atoms with van der Waals surface area (Å²) < 4.78 is 31.3. The molecule has 9 heteroatoms. The van der Waals surface area contributed by atoms with E-state index in [0.29, 0.717) is 5.92 Å². The lowest BCUT2D eigenvalue weighted by atomic mass is 9.70. The van der Waals surface area contributed by atoms with Gasteiger partial charge in [0.05, 0.1) is 6.54 Å². The minimum Gasteiger partial charge on any atom is -0.360 e. The number of sulfonamides is 1. The third kappa shape index (κ3) is 3.00. The molecule has 150 valence electrons. The van der Waals surface area contributed by atoms with E-state index in [9.17, 15) is 13.2 Å². The Labute approximate surface area is 160 Å². The number of hydrogen-bond donors (Lipinski definition) is 1. The van der Waals surface area contributed by atoms with Crippen LogP contribution in [0.4, 0.5) is 0 Å². The number of rotatable bonds is 5. The molecule has 3 rings (SSSR count). The Morgan fingerprint density at radius 1 is 1.37 bits per heavy atom. The molecule has 2 atom stereocenters. The van der Waals surface area contributed by atoms with E-state index in [1.807, 2.05) is 0 Å². The van der Waals surface area contributed by atoms with Crippen molar-refractivity contribution in [2.24, 2.45) is 21.8 Å². The van der Waals surface area contributed by atoms with Gasteiger partial charge in [-0.25, -0.2) is 13.8 Å². The average Bonchev–Trinajstić information content (AvgIpc) is 3.09. The molecular formula is C18H28N4O4S. The SMILES string of the molecule is Cc1noc(C)c1S(=O)(=O)N(C)CC(=O)N/N=C1\CC2CCC1(C)C2(C)C. The van der Waals surface area contributed by atoms with Gasteiger partial charge in [-0.15, -0.1) is 0 Å². The summed E-state index contributed by atoms with van der Waals surface area (Å²) in [5, 5.41) is 8.04.